The molecule has 0 saturated carbocycles. The monoisotopic (exact) mass is 424 g/mol. The van der Waals surface area contributed by atoms with Gasteiger partial charge in [0, 0.05) is 20.1 Å². The summed E-state index contributed by atoms with van der Waals surface area (Å²) in [6.07, 6.45) is 1.39. The molecule has 0 radical (unpaired) electrons. The molecule has 2 fully saturated rings. The number of ether oxygens (including phenoxy) is 1. The van der Waals surface area contributed by atoms with Crippen molar-refractivity contribution >= 4 is 23.8 Å². The zero-order chi connectivity index (χ0) is 22.9. The fourth-order valence-electron chi connectivity index (χ4n) is 4.27. The molecule has 3 N–H and O–H groups in total. The lowest BCUT2D eigenvalue weighted by molar-refractivity contribution is -0.142. The molecule has 2 saturated heterocycles. The summed E-state index contributed by atoms with van der Waals surface area (Å²) >= 11 is 0. The first-order chi connectivity index (χ1) is 13.8. The van der Waals surface area contributed by atoms with Gasteiger partial charge in [0.25, 0.3) is 0 Å². The molecule has 3 atom stereocenters. The molecule has 2 aliphatic rings. The standard InChI is InChI=1S/C21H36N4O5/c1-13(2)10-14(24(6)19(29)30-20(3,4)5)17(27)25-12-21(11-15(25)16(22)26)8-7-9-23-18(21)28/h13-15H,7-12H2,1-6H3,(H2,22,26)(H,23,28)/t14-,15-,21-/m0/s1. The number of carbonyl (C=O) groups excluding carboxylic acids is 4. The number of hydrogen-bond acceptors (Lipinski definition) is 5. The topological polar surface area (TPSA) is 122 Å². The SMILES string of the molecule is CC(C)C[C@@H](C(=O)N1C[C@]2(CCCNC2=O)C[C@H]1C(N)=O)N(C)C(=O)OC(C)(C)C. The van der Waals surface area contributed by atoms with E-state index in [1.54, 1.807) is 20.8 Å². The normalized spacial score (nSPS) is 25.2. The fraction of sp³-hybridized carbons (Fsp3) is 0.810. The highest BCUT2D eigenvalue weighted by Gasteiger charge is 2.54. The van der Waals surface area contributed by atoms with Crippen LogP contribution in [0.15, 0.2) is 0 Å². The van der Waals surface area contributed by atoms with Crippen molar-refractivity contribution in [2.24, 2.45) is 17.1 Å². The van der Waals surface area contributed by atoms with E-state index in [4.69, 9.17) is 10.5 Å². The Hall–Kier alpha value is -2.32. The number of nitrogens with two attached hydrogens (primary N) is 1. The zero-order valence-corrected chi connectivity index (χ0v) is 19.0. The third-order valence-corrected chi connectivity index (χ3v) is 5.77. The van der Waals surface area contributed by atoms with Gasteiger partial charge in [-0.2, -0.15) is 0 Å². The summed E-state index contributed by atoms with van der Waals surface area (Å²) in [7, 11) is 1.53. The molecule has 0 aliphatic carbocycles. The number of primary amides is 1. The summed E-state index contributed by atoms with van der Waals surface area (Å²) in [6.45, 7) is 9.89. The predicted molar refractivity (Wildman–Crippen MR) is 111 cm³/mol. The van der Waals surface area contributed by atoms with Crippen molar-refractivity contribution in [2.45, 2.75) is 78.0 Å². The Morgan fingerprint density at radius 3 is 2.47 bits per heavy atom. The zero-order valence-electron chi connectivity index (χ0n) is 19.0. The molecular weight excluding hydrogens is 388 g/mol. The van der Waals surface area contributed by atoms with Gasteiger partial charge in [-0.25, -0.2) is 4.79 Å². The Kier molecular flexibility index (Phi) is 7.04. The Morgan fingerprint density at radius 1 is 1.33 bits per heavy atom. The van der Waals surface area contributed by atoms with Crippen LogP contribution in [0.3, 0.4) is 0 Å². The first-order valence-electron chi connectivity index (χ1n) is 10.6. The summed E-state index contributed by atoms with van der Waals surface area (Å²) < 4.78 is 5.44. The third kappa shape index (κ3) is 5.23. The van der Waals surface area contributed by atoms with Crippen molar-refractivity contribution in [1.29, 1.82) is 0 Å². The van der Waals surface area contributed by atoms with Gasteiger partial charge >= 0.3 is 6.09 Å². The van der Waals surface area contributed by atoms with Gasteiger partial charge in [-0.3, -0.25) is 19.3 Å². The van der Waals surface area contributed by atoms with E-state index in [-0.39, 0.29) is 30.7 Å². The average molecular weight is 425 g/mol. The van der Waals surface area contributed by atoms with Gasteiger partial charge in [-0.05, 0) is 52.4 Å². The highest BCUT2D eigenvalue weighted by molar-refractivity contribution is 5.94. The van der Waals surface area contributed by atoms with Gasteiger partial charge in [0.05, 0.1) is 5.41 Å². The van der Waals surface area contributed by atoms with Gasteiger partial charge in [-0.15, -0.1) is 0 Å². The highest BCUT2D eigenvalue weighted by Crippen LogP contribution is 2.41. The maximum atomic E-state index is 13.6. The van der Waals surface area contributed by atoms with Crippen molar-refractivity contribution in [2.75, 3.05) is 20.1 Å². The molecule has 30 heavy (non-hydrogen) atoms. The Labute approximate surface area is 178 Å². The van der Waals surface area contributed by atoms with Gasteiger partial charge < -0.3 is 20.7 Å². The number of amides is 4. The molecule has 0 aromatic carbocycles. The molecule has 2 heterocycles. The maximum absolute atomic E-state index is 13.6. The van der Waals surface area contributed by atoms with Crippen LogP contribution in [0.2, 0.25) is 0 Å². The van der Waals surface area contributed by atoms with Gasteiger partial charge in [0.1, 0.15) is 17.7 Å². The minimum atomic E-state index is -0.872. The molecule has 170 valence electrons. The highest BCUT2D eigenvalue weighted by atomic mass is 16.6. The molecular formula is C21H36N4O5. The minimum Gasteiger partial charge on any atom is -0.444 e. The van der Waals surface area contributed by atoms with Crippen LogP contribution in [0, 0.1) is 11.3 Å². The Morgan fingerprint density at radius 2 is 1.97 bits per heavy atom. The lowest BCUT2D eigenvalue weighted by atomic mass is 9.78. The van der Waals surface area contributed by atoms with Crippen molar-refractivity contribution in [1.82, 2.24) is 15.1 Å². The second kappa shape index (κ2) is 8.81. The molecule has 2 rings (SSSR count). The Bertz CT molecular complexity index is 702. The van der Waals surface area contributed by atoms with Crippen LogP contribution < -0.4 is 11.1 Å². The van der Waals surface area contributed by atoms with E-state index in [9.17, 15) is 19.2 Å². The van der Waals surface area contributed by atoms with E-state index < -0.39 is 35.1 Å². The average Bonchev–Trinajstić information content (AvgIpc) is 3.00. The van der Waals surface area contributed by atoms with Crippen LogP contribution in [0.5, 0.6) is 0 Å². The second-order valence-corrected chi connectivity index (χ2v) is 9.96. The van der Waals surface area contributed by atoms with E-state index in [0.29, 0.717) is 19.4 Å². The number of carbonyl (C=O) groups is 4. The van der Waals surface area contributed by atoms with Gasteiger partial charge in [0.15, 0.2) is 0 Å². The van der Waals surface area contributed by atoms with Gasteiger partial charge in [-0.1, -0.05) is 13.8 Å². The molecule has 0 bridgehead atoms. The number of hydrogen-bond donors (Lipinski definition) is 2. The van der Waals surface area contributed by atoms with Crippen LogP contribution in [-0.4, -0.2) is 71.4 Å². The second-order valence-electron chi connectivity index (χ2n) is 9.96. The smallest absolute Gasteiger partial charge is 0.410 e. The fourth-order valence-corrected chi connectivity index (χ4v) is 4.27. The van der Waals surface area contributed by atoms with Crippen LogP contribution >= 0.6 is 0 Å². The minimum absolute atomic E-state index is 0.116. The molecule has 9 heteroatoms. The number of nitrogens with one attached hydrogen (secondary N) is 1. The van der Waals surface area contributed by atoms with E-state index >= 15 is 0 Å². The Balaban J connectivity index is 2.31. The maximum Gasteiger partial charge on any atom is 0.410 e. The van der Waals surface area contributed by atoms with E-state index in [1.165, 1.54) is 16.8 Å². The van der Waals surface area contributed by atoms with E-state index in [1.807, 2.05) is 13.8 Å². The summed E-state index contributed by atoms with van der Waals surface area (Å²) in [5, 5.41) is 2.85. The summed E-state index contributed by atoms with van der Waals surface area (Å²) in [5.74, 6) is -1.04. The summed E-state index contributed by atoms with van der Waals surface area (Å²) in [4.78, 5) is 53.7. The molecule has 2 aliphatic heterocycles. The third-order valence-electron chi connectivity index (χ3n) is 5.77. The number of rotatable bonds is 5. The molecule has 0 unspecified atom stereocenters. The summed E-state index contributed by atoms with van der Waals surface area (Å²) in [5.41, 5.74) is 4.10. The quantitative estimate of drug-likeness (QED) is 0.688. The lowest BCUT2D eigenvalue weighted by Gasteiger charge is -2.35. The van der Waals surface area contributed by atoms with E-state index in [2.05, 4.69) is 5.32 Å². The number of piperidine rings is 1. The van der Waals surface area contributed by atoms with Crippen LogP contribution in [0.4, 0.5) is 4.79 Å². The molecule has 0 aromatic heterocycles. The lowest BCUT2D eigenvalue weighted by Crippen LogP contribution is -2.55. The molecule has 1 spiro atoms. The first kappa shape index (κ1) is 24.0. The van der Waals surface area contributed by atoms with E-state index in [0.717, 1.165) is 6.42 Å². The van der Waals surface area contributed by atoms with Crippen LogP contribution in [0.25, 0.3) is 0 Å². The first-order valence-corrected chi connectivity index (χ1v) is 10.6. The molecule has 0 aromatic rings. The molecule has 4 amide bonds. The number of likely N-dealkylation sites (N-methyl/N-ethyl adjacent to an activating group) is 1. The van der Waals surface area contributed by atoms with Crippen LogP contribution in [0.1, 0.15) is 60.3 Å². The van der Waals surface area contributed by atoms with Gasteiger partial charge in [0.2, 0.25) is 17.7 Å². The number of nitrogens with zero attached hydrogens (tertiary/aromatic N) is 2. The van der Waals surface area contributed by atoms with Crippen LogP contribution in [-0.2, 0) is 19.1 Å². The van der Waals surface area contributed by atoms with Crippen molar-refractivity contribution < 1.29 is 23.9 Å². The number of likely N-dealkylation sites (tertiary alicyclic amines) is 1. The van der Waals surface area contributed by atoms with Crippen molar-refractivity contribution in [3.8, 4) is 0 Å². The molecule has 9 nitrogen and oxygen atoms in total. The summed E-state index contributed by atoms with van der Waals surface area (Å²) in [6, 6.07) is -1.69. The predicted octanol–water partition coefficient (Wildman–Crippen LogP) is 1.25. The largest absolute Gasteiger partial charge is 0.444 e. The van der Waals surface area contributed by atoms with Crippen molar-refractivity contribution in [3.05, 3.63) is 0 Å². The van der Waals surface area contributed by atoms with Crippen molar-refractivity contribution in [3.63, 3.8) is 0 Å².